The molecule has 1 fully saturated rings. The molecule has 3 amide bonds. The number of rotatable bonds is 6. The van der Waals surface area contributed by atoms with E-state index < -0.39 is 29.6 Å². The van der Waals surface area contributed by atoms with Gasteiger partial charge in [-0.2, -0.15) is 0 Å². The van der Waals surface area contributed by atoms with E-state index in [0.717, 1.165) is 16.7 Å². The lowest BCUT2D eigenvalue weighted by molar-refractivity contribution is -0.148. The van der Waals surface area contributed by atoms with Gasteiger partial charge in [-0.15, -0.1) is 11.8 Å². The maximum atomic E-state index is 11.9. The van der Waals surface area contributed by atoms with Gasteiger partial charge in [0.2, 0.25) is 17.7 Å². The van der Waals surface area contributed by atoms with Gasteiger partial charge in [-0.3, -0.25) is 24.1 Å². The van der Waals surface area contributed by atoms with Gasteiger partial charge >= 0.3 is 5.97 Å². The first-order valence-corrected chi connectivity index (χ1v) is 7.54. The summed E-state index contributed by atoms with van der Waals surface area (Å²) in [5.74, 6) is -2.58. The van der Waals surface area contributed by atoms with Gasteiger partial charge in [-0.1, -0.05) is 18.2 Å². The average Bonchev–Trinajstić information content (AvgIpc) is 2.73. The van der Waals surface area contributed by atoms with Crippen LogP contribution in [-0.2, 0) is 19.2 Å². The summed E-state index contributed by atoms with van der Waals surface area (Å²) in [5, 5.41) is 10.6. The van der Waals surface area contributed by atoms with Gasteiger partial charge in [0.05, 0.1) is 11.0 Å². The quantitative estimate of drug-likeness (QED) is 0.742. The molecular weight excluding hydrogens is 308 g/mol. The third kappa shape index (κ3) is 4.08. The zero-order valence-electron chi connectivity index (χ0n) is 11.5. The number of anilines is 1. The number of likely N-dealkylation sites (tertiary alicyclic amines) is 1. The highest BCUT2D eigenvalue weighted by molar-refractivity contribution is 8.01. The van der Waals surface area contributed by atoms with Crippen molar-refractivity contribution in [3.05, 3.63) is 30.3 Å². The molecule has 1 saturated heterocycles. The molecule has 0 bridgehead atoms. The van der Waals surface area contributed by atoms with Gasteiger partial charge < -0.3 is 10.4 Å². The number of benzene rings is 1. The van der Waals surface area contributed by atoms with Gasteiger partial charge in [0.1, 0.15) is 6.54 Å². The number of aliphatic carboxylic acids is 1. The zero-order valence-corrected chi connectivity index (χ0v) is 12.3. The van der Waals surface area contributed by atoms with Crippen molar-refractivity contribution < 1.29 is 24.3 Å². The number of hydrogen-bond acceptors (Lipinski definition) is 5. The van der Waals surface area contributed by atoms with E-state index >= 15 is 0 Å². The molecule has 0 aromatic heterocycles. The van der Waals surface area contributed by atoms with Crippen LogP contribution in [0.5, 0.6) is 0 Å². The largest absolute Gasteiger partial charge is 0.480 e. The van der Waals surface area contributed by atoms with E-state index in [1.165, 1.54) is 0 Å². The fourth-order valence-electron chi connectivity index (χ4n) is 1.98. The molecule has 7 nitrogen and oxygen atoms in total. The molecule has 0 spiro atoms. The summed E-state index contributed by atoms with van der Waals surface area (Å²) in [6.45, 7) is -0.634. The van der Waals surface area contributed by atoms with Crippen molar-refractivity contribution in [2.24, 2.45) is 0 Å². The van der Waals surface area contributed by atoms with Crippen molar-refractivity contribution >= 4 is 41.1 Å². The number of hydrogen-bond donors (Lipinski definition) is 2. The molecule has 2 rings (SSSR count). The Kier molecular flexibility index (Phi) is 5.16. The van der Waals surface area contributed by atoms with Crippen molar-refractivity contribution in [1.82, 2.24) is 4.90 Å². The highest BCUT2D eigenvalue weighted by Crippen LogP contribution is 2.25. The van der Waals surface area contributed by atoms with Crippen LogP contribution in [-0.4, -0.2) is 51.2 Å². The number of nitrogens with one attached hydrogen (secondary N) is 1. The van der Waals surface area contributed by atoms with E-state index in [4.69, 9.17) is 5.11 Å². The van der Waals surface area contributed by atoms with Crippen LogP contribution in [0.1, 0.15) is 6.42 Å². The lowest BCUT2D eigenvalue weighted by Gasteiger charge is -2.11. The molecule has 8 heteroatoms. The summed E-state index contributed by atoms with van der Waals surface area (Å²) < 4.78 is 0. The average molecular weight is 322 g/mol. The minimum atomic E-state index is -1.24. The number of para-hydroxylation sites is 1. The lowest BCUT2D eigenvalue weighted by atomic mass is 10.3. The number of imide groups is 1. The van der Waals surface area contributed by atoms with Crippen molar-refractivity contribution in [2.75, 3.05) is 17.6 Å². The monoisotopic (exact) mass is 322 g/mol. The zero-order chi connectivity index (χ0) is 16.1. The predicted molar refractivity (Wildman–Crippen MR) is 80.3 cm³/mol. The first-order chi connectivity index (χ1) is 10.5. The molecule has 1 unspecified atom stereocenters. The number of carboxylic acids is 1. The molecule has 1 aliphatic heterocycles. The van der Waals surface area contributed by atoms with Crippen molar-refractivity contribution in [2.45, 2.75) is 11.7 Å². The fraction of sp³-hybridized carbons (Fsp3) is 0.286. The van der Waals surface area contributed by atoms with E-state index in [2.05, 4.69) is 5.32 Å². The van der Waals surface area contributed by atoms with E-state index in [0.29, 0.717) is 5.69 Å². The van der Waals surface area contributed by atoms with Gasteiger partial charge in [0.25, 0.3) is 0 Å². The lowest BCUT2D eigenvalue weighted by Crippen LogP contribution is -2.36. The maximum Gasteiger partial charge on any atom is 0.323 e. The molecule has 2 N–H and O–H groups in total. The predicted octanol–water partition coefficient (Wildman–Crippen LogP) is 0.570. The Bertz CT molecular complexity index is 605. The van der Waals surface area contributed by atoms with Crippen LogP contribution in [0, 0.1) is 0 Å². The van der Waals surface area contributed by atoms with Crippen molar-refractivity contribution in [3.8, 4) is 0 Å². The molecule has 1 atom stereocenters. The molecule has 22 heavy (non-hydrogen) atoms. The third-order valence-electron chi connectivity index (χ3n) is 2.97. The molecule has 1 heterocycles. The van der Waals surface area contributed by atoms with Gasteiger partial charge in [0, 0.05) is 12.1 Å². The Balaban J connectivity index is 1.84. The molecule has 0 saturated carbocycles. The minimum Gasteiger partial charge on any atom is -0.480 e. The summed E-state index contributed by atoms with van der Waals surface area (Å²) in [6, 6.07) is 8.87. The molecule has 116 valence electrons. The summed E-state index contributed by atoms with van der Waals surface area (Å²) >= 11 is 1.04. The summed E-state index contributed by atoms with van der Waals surface area (Å²) in [5.41, 5.74) is 0.648. The molecular formula is C14H14N2O5S. The standard InChI is InChI=1S/C14H14N2O5S/c17-11(15-9-4-2-1-3-5-9)8-22-10-6-12(18)16(14(10)21)7-13(19)20/h1-5,10H,6-8H2,(H,15,17)(H,19,20). The Morgan fingerprint density at radius 1 is 1.27 bits per heavy atom. The molecule has 0 radical (unpaired) electrons. The van der Waals surface area contributed by atoms with Crippen molar-refractivity contribution in [3.63, 3.8) is 0 Å². The van der Waals surface area contributed by atoms with Crippen LogP contribution < -0.4 is 5.32 Å². The van der Waals surface area contributed by atoms with Gasteiger partial charge in [0.15, 0.2) is 0 Å². The van der Waals surface area contributed by atoms with Crippen LogP contribution in [0.3, 0.4) is 0 Å². The maximum absolute atomic E-state index is 11.9. The molecule has 1 aliphatic rings. The summed E-state index contributed by atoms with van der Waals surface area (Å²) in [7, 11) is 0. The fourth-order valence-corrected chi connectivity index (χ4v) is 2.93. The molecule has 0 aliphatic carbocycles. The summed E-state index contributed by atoms with van der Waals surface area (Å²) in [6.07, 6.45) is -0.0740. The van der Waals surface area contributed by atoms with Crippen molar-refractivity contribution in [1.29, 1.82) is 0 Å². The highest BCUT2D eigenvalue weighted by atomic mass is 32.2. The highest BCUT2D eigenvalue weighted by Gasteiger charge is 2.39. The second-order valence-corrected chi connectivity index (χ2v) is 5.82. The Labute approximate surface area is 130 Å². The number of amides is 3. The first-order valence-electron chi connectivity index (χ1n) is 6.50. The Morgan fingerprint density at radius 2 is 1.95 bits per heavy atom. The van der Waals surface area contributed by atoms with E-state index in [9.17, 15) is 19.2 Å². The number of carboxylic acid groups (broad SMARTS) is 1. The van der Waals surface area contributed by atoms with Gasteiger partial charge in [-0.25, -0.2) is 0 Å². The minimum absolute atomic E-state index is 0.0134. The second-order valence-electron chi connectivity index (χ2n) is 4.63. The number of nitrogens with zero attached hydrogens (tertiary/aromatic N) is 1. The second kappa shape index (κ2) is 7.08. The number of carbonyl (C=O) groups is 4. The normalized spacial score (nSPS) is 17.6. The topological polar surface area (TPSA) is 104 Å². The van der Waals surface area contributed by atoms with E-state index in [-0.39, 0.29) is 18.1 Å². The van der Waals surface area contributed by atoms with Crippen LogP contribution in [0.2, 0.25) is 0 Å². The Morgan fingerprint density at radius 3 is 2.59 bits per heavy atom. The van der Waals surface area contributed by atoms with Crippen LogP contribution in [0.4, 0.5) is 5.69 Å². The van der Waals surface area contributed by atoms with Crippen LogP contribution >= 0.6 is 11.8 Å². The smallest absolute Gasteiger partial charge is 0.323 e. The van der Waals surface area contributed by atoms with E-state index in [1.54, 1.807) is 24.3 Å². The third-order valence-corrected chi connectivity index (χ3v) is 4.17. The van der Waals surface area contributed by atoms with Crippen LogP contribution in [0.15, 0.2) is 30.3 Å². The molecule has 1 aromatic carbocycles. The first kappa shape index (κ1) is 16.0. The number of thioether (sulfide) groups is 1. The summed E-state index contributed by atoms with van der Waals surface area (Å²) in [4.78, 5) is 46.6. The van der Waals surface area contributed by atoms with Gasteiger partial charge in [-0.05, 0) is 12.1 Å². The molecule has 1 aromatic rings. The number of carbonyl (C=O) groups excluding carboxylic acids is 3. The SMILES string of the molecule is O=C(O)CN1C(=O)CC(SCC(=O)Nc2ccccc2)C1=O. The Hall–Kier alpha value is -2.35. The van der Waals surface area contributed by atoms with E-state index in [1.807, 2.05) is 6.07 Å². The van der Waals surface area contributed by atoms with Crippen LogP contribution in [0.25, 0.3) is 0 Å².